The molecule has 736 valence electrons. The lowest BCUT2D eigenvalue weighted by Gasteiger charge is -2.35. The normalized spacial score (nSPS) is 17.3. The molecule has 0 saturated carbocycles. The van der Waals surface area contributed by atoms with Crippen LogP contribution in [0.5, 0.6) is 0 Å². The highest BCUT2D eigenvalue weighted by Gasteiger charge is 2.48. The number of ether oxygens (including phenoxy) is 3. The number of rotatable bonds is 25. The smallest absolute Gasteiger partial charge is 0.416 e. The van der Waals surface area contributed by atoms with Crippen molar-refractivity contribution in [2.45, 2.75) is 170 Å². The summed E-state index contributed by atoms with van der Waals surface area (Å²) >= 11 is 0. The van der Waals surface area contributed by atoms with Crippen LogP contribution in [0.15, 0.2) is 243 Å². The first kappa shape index (κ1) is 105. The third-order valence-corrected chi connectivity index (χ3v) is 26.4. The number of hydrogen-bond donors (Lipinski definition) is 8. The van der Waals surface area contributed by atoms with E-state index in [4.69, 9.17) is 19.9 Å². The van der Waals surface area contributed by atoms with E-state index in [0.29, 0.717) is 111 Å². The molecule has 4 atom stereocenters. The summed E-state index contributed by atoms with van der Waals surface area (Å²) in [7, 11) is 0. The van der Waals surface area contributed by atoms with Gasteiger partial charge in [0, 0.05) is 83.7 Å². The zero-order valence-electron chi connectivity index (χ0n) is 78.7. The Morgan fingerprint density at radius 2 is 0.518 bits per heavy atom. The van der Waals surface area contributed by atoms with Crippen molar-refractivity contribution in [3.63, 3.8) is 0 Å². The number of carbonyl (C=O) groups is 11. The van der Waals surface area contributed by atoms with Crippen LogP contribution in [-0.2, 0) is 77.6 Å². The van der Waals surface area contributed by atoms with E-state index in [-0.39, 0.29) is 97.0 Å². The number of aryl methyl sites for hydroxylation is 4. The predicted molar refractivity (Wildman–Crippen MR) is 522 cm³/mol. The summed E-state index contributed by atoms with van der Waals surface area (Å²) in [5, 5.41) is 24.3. The Morgan fingerprint density at radius 1 is 0.298 bits per heavy atom. The first-order valence-electron chi connectivity index (χ1n) is 46.4. The van der Waals surface area contributed by atoms with Gasteiger partial charge in [0.25, 0.3) is 0 Å². The van der Waals surface area contributed by atoms with E-state index in [1.165, 1.54) is 36.4 Å². The summed E-state index contributed by atoms with van der Waals surface area (Å²) in [6.45, 7) is 13.8. The van der Waals surface area contributed by atoms with Gasteiger partial charge >= 0.3 is 60.5 Å². The number of nitrogens with two attached hydrogens (primary N) is 1. The minimum Gasteiger partial charge on any atom is -0.481 e. The quantitative estimate of drug-likeness (QED) is 0.0114. The molecule has 4 aliphatic carbocycles. The maximum Gasteiger partial charge on any atom is 0.416 e. The highest BCUT2D eigenvalue weighted by molar-refractivity contribution is 6.09. The summed E-state index contributed by atoms with van der Waals surface area (Å²) in [5.74, 6) is -2.10. The summed E-state index contributed by atoms with van der Waals surface area (Å²) in [5.41, 5.74) is 16.1. The Bertz CT molecular complexity index is 6270. The van der Waals surface area contributed by atoms with E-state index in [1.807, 2.05) is 125 Å². The van der Waals surface area contributed by atoms with Crippen molar-refractivity contribution in [2.75, 3.05) is 57.5 Å². The fourth-order valence-corrected chi connectivity index (χ4v) is 18.3. The number of carboxylic acid groups (broad SMARTS) is 1. The number of aliphatic carboxylic acids is 1. The maximum atomic E-state index is 13.4. The van der Waals surface area contributed by atoms with Crippen LogP contribution in [0.3, 0.4) is 0 Å². The molecule has 15 rings (SSSR count). The zero-order chi connectivity index (χ0) is 102. The Labute approximate surface area is 809 Å². The zero-order valence-corrected chi connectivity index (χ0v) is 78.7. The van der Waals surface area contributed by atoms with Crippen LogP contribution in [-0.4, -0.2) is 90.0 Å². The number of esters is 3. The number of Topliss-reactive ketones (excluding diaryl/α,β-unsaturated/α-hetero) is 4. The number of fused-ring (bicyclic) bond motifs is 4. The van der Waals surface area contributed by atoms with Crippen LogP contribution in [0, 0.1) is 21.7 Å². The second kappa shape index (κ2) is 45.3. The van der Waals surface area contributed by atoms with Crippen molar-refractivity contribution >= 4 is 105 Å². The number of carbonyl (C=O) groups excluding carboxylic acids is 10. The third-order valence-electron chi connectivity index (χ3n) is 26.4. The molecule has 0 saturated heterocycles. The standard InChI is InChI=1S/2C30H29F3N2O4.C28H25F3N2O4.C22H25NO3/c2*1-3-29(18-26(36)39-4-2)15-14-21-16-20(10-13-25(21)27(29)37)19-8-11-23(12-9-19)34-28(38)35-24-7-5-6-22(17-24)30(31,32)33;1-2-27(16-24(34)35)13-12-19-14-18(8-11-23(19)25(27)36)17-6-9-21(10-7-17)32-26(37)33-22-5-3-4-20(15-22)28(29,30)31;1-3-22(14-20(24)26-4-2)12-11-17-13-16(7-10-19(17)21(22)25)15-5-8-18(23)9-6-15/h2*5-13,16-17H,3-4,14-15,18H2,1-2H3,(H2,34,35,38);3-11,14-15H,2,12-13,16H2,1H3,(H,34,35)(H2,32,33,37);5-10,13H,3-4,11-12,14,23H2,1-2H3/t29-;;27-;/m0.0./s1. The van der Waals surface area contributed by atoms with Crippen molar-refractivity contribution < 1.29 is 112 Å². The second-order valence-corrected chi connectivity index (χ2v) is 35.2. The molecule has 4 aliphatic rings. The van der Waals surface area contributed by atoms with Gasteiger partial charge < -0.3 is 57.0 Å². The monoisotopic (exact) mass is 1940 g/mol. The Kier molecular flexibility index (Phi) is 33.7. The summed E-state index contributed by atoms with van der Waals surface area (Å²) in [6, 6.07) is 62.5. The predicted octanol–water partition coefficient (Wildman–Crippen LogP) is 26.4. The van der Waals surface area contributed by atoms with Crippen LogP contribution in [0.2, 0.25) is 0 Å². The molecule has 6 amide bonds. The Balaban J connectivity index is 0.000000170. The molecule has 11 aromatic rings. The lowest BCUT2D eigenvalue weighted by molar-refractivity contribution is -0.146. The molecule has 11 aromatic carbocycles. The molecule has 22 nitrogen and oxygen atoms in total. The molecule has 0 aliphatic heterocycles. The number of hydrogen-bond acceptors (Lipinski definition) is 15. The van der Waals surface area contributed by atoms with Gasteiger partial charge in [-0.15, -0.1) is 0 Å². The lowest BCUT2D eigenvalue weighted by atomic mass is 9.67. The number of carboxylic acids is 1. The van der Waals surface area contributed by atoms with Crippen LogP contribution in [0.25, 0.3) is 44.5 Å². The number of nitrogens with one attached hydrogen (secondary N) is 6. The summed E-state index contributed by atoms with van der Waals surface area (Å²) in [4.78, 5) is 138. The van der Waals surface area contributed by atoms with E-state index < -0.39 is 80.9 Å². The molecule has 2 unspecified atom stereocenters. The molecular formula is C110H108F9N7O15. The van der Waals surface area contributed by atoms with Gasteiger partial charge in [-0.05, 0) is 268 Å². The van der Waals surface area contributed by atoms with E-state index in [0.717, 1.165) is 121 Å². The fourth-order valence-electron chi connectivity index (χ4n) is 18.3. The van der Waals surface area contributed by atoms with Crippen LogP contribution >= 0.6 is 0 Å². The number of anilines is 7. The van der Waals surface area contributed by atoms with Gasteiger partial charge in [0.05, 0.1) is 62.2 Å². The fraction of sp³-hybridized carbons (Fsp3) is 0.300. The summed E-state index contributed by atoms with van der Waals surface area (Å²) < 4.78 is 131. The number of nitrogen functional groups attached to an aromatic ring is 1. The summed E-state index contributed by atoms with van der Waals surface area (Å²) in [6.07, 6.45) is -6.14. The molecule has 0 aromatic heterocycles. The van der Waals surface area contributed by atoms with Crippen molar-refractivity contribution in [2.24, 2.45) is 21.7 Å². The van der Waals surface area contributed by atoms with Crippen molar-refractivity contribution in [1.82, 2.24) is 0 Å². The maximum absolute atomic E-state index is 13.4. The van der Waals surface area contributed by atoms with Crippen molar-refractivity contribution in [1.29, 1.82) is 0 Å². The van der Waals surface area contributed by atoms with E-state index in [9.17, 15) is 97.4 Å². The first-order chi connectivity index (χ1) is 67.1. The Hall–Kier alpha value is -15.0. The van der Waals surface area contributed by atoms with Crippen molar-refractivity contribution in [3.05, 3.63) is 304 Å². The molecule has 9 N–H and O–H groups in total. The van der Waals surface area contributed by atoms with E-state index in [2.05, 4.69) is 38.0 Å². The molecule has 0 radical (unpaired) electrons. The molecule has 141 heavy (non-hydrogen) atoms. The topological polar surface area (TPSA) is 334 Å². The molecule has 0 fully saturated rings. The minimum absolute atomic E-state index is 0.0167. The number of alkyl halides is 9. The van der Waals surface area contributed by atoms with Gasteiger partial charge in [0.2, 0.25) is 0 Å². The molecule has 31 heteroatoms. The lowest BCUT2D eigenvalue weighted by Crippen LogP contribution is -2.38. The number of benzene rings is 11. The van der Waals surface area contributed by atoms with Gasteiger partial charge in [-0.1, -0.05) is 167 Å². The van der Waals surface area contributed by atoms with Crippen molar-refractivity contribution in [3.8, 4) is 44.5 Å². The first-order valence-corrected chi connectivity index (χ1v) is 46.4. The van der Waals surface area contributed by atoms with Gasteiger partial charge in [0.15, 0.2) is 23.1 Å². The van der Waals surface area contributed by atoms with E-state index in [1.54, 1.807) is 87.5 Å². The van der Waals surface area contributed by atoms with Gasteiger partial charge in [-0.25, -0.2) is 14.4 Å². The third kappa shape index (κ3) is 25.9. The number of urea groups is 3. The largest absolute Gasteiger partial charge is 0.481 e. The molecule has 0 bridgehead atoms. The number of ketones is 4. The minimum atomic E-state index is -4.51. The highest BCUT2D eigenvalue weighted by Crippen LogP contribution is 2.48. The number of amides is 6. The van der Waals surface area contributed by atoms with Crippen LogP contribution in [0.1, 0.15) is 206 Å². The Morgan fingerprint density at radius 3 is 0.738 bits per heavy atom. The van der Waals surface area contributed by atoms with Crippen LogP contribution in [0.4, 0.5) is 93.7 Å². The highest BCUT2D eigenvalue weighted by atomic mass is 19.4. The molecular weight excluding hydrogens is 1830 g/mol. The van der Waals surface area contributed by atoms with Crippen LogP contribution < -0.4 is 37.6 Å². The van der Waals surface area contributed by atoms with E-state index >= 15 is 0 Å². The average molecular weight is 1940 g/mol. The average Bonchev–Trinajstić information content (AvgIpc) is 0.773. The van der Waals surface area contributed by atoms with Gasteiger partial charge in [-0.3, -0.25) is 38.4 Å². The molecule has 0 heterocycles. The molecule has 0 spiro atoms. The van der Waals surface area contributed by atoms with Gasteiger partial charge in [-0.2, -0.15) is 39.5 Å². The SMILES string of the molecule is CCOC(=O)CC1(CC)CCc2cc(-c3ccc(N)cc3)ccc2C1=O.CCOC(=O)CC1(CC)CCc2cc(-c3ccc(NC(=O)Nc4cccc(C(F)(F)F)c4)cc3)ccc2C1=O.CCOC(=O)C[C@]1(CC)CCc2cc(-c3ccc(NC(=O)Nc4cccc(C(F)(F)F)c4)cc3)ccc2C1=O.CC[C@@]1(CC(=O)O)CCc2cc(-c3ccc(NC(=O)Nc4cccc(C(F)(F)F)c4)cc3)ccc2C1=O. The second-order valence-electron chi connectivity index (χ2n) is 35.2. The number of halogens is 9. The van der Waals surface area contributed by atoms with Gasteiger partial charge in [0.1, 0.15) is 0 Å².